The number of hydrogen-bond acceptors (Lipinski definition) is 10. The van der Waals surface area contributed by atoms with Crippen molar-refractivity contribution in [1.29, 1.82) is 0 Å². The minimum atomic E-state index is -2.03. The molecule has 2 aliphatic heterocycles. The van der Waals surface area contributed by atoms with Gasteiger partial charge in [-0.15, -0.1) is 0 Å². The highest BCUT2D eigenvalue weighted by Crippen LogP contribution is 2.61. The van der Waals surface area contributed by atoms with Gasteiger partial charge in [0.25, 0.3) is 0 Å². The SMILES string of the molecule is CC(=O)O[C@H]1[C@@H](C)[C@H]2[C@H](OC(C)=O)[C@]3(O)[C@@H](/C=C(CO)\C=C/[C@@H](O)[C@]2(C)[C@@H]2O[C@H]12)OC(=O)[C@@H]3C. The lowest BCUT2D eigenvalue weighted by atomic mass is 9.54. The Morgan fingerprint density at radius 3 is 2.41 bits per heavy atom. The molecule has 2 heterocycles. The minimum Gasteiger partial charge on any atom is -0.459 e. The van der Waals surface area contributed by atoms with Crippen molar-refractivity contribution in [2.75, 3.05) is 6.61 Å². The first-order valence-corrected chi connectivity index (χ1v) is 11.5. The number of esters is 3. The van der Waals surface area contributed by atoms with Gasteiger partial charge in [0.15, 0.2) is 11.7 Å². The molecule has 34 heavy (non-hydrogen) atoms. The minimum absolute atomic E-state index is 0.308. The van der Waals surface area contributed by atoms with Crippen LogP contribution >= 0.6 is 0 Å². The average molecular weight is 481 g/mol. The molecule has 4 rings (SSSR count). The van der Waals surface area contributed by atoms with Gasteiger partial charge in [0.1, 0.15) is 18.3 Å². The highest BCUT2D eigenvalue weighted by molar-refractivity contribution is 5.77. The van der Waals surface area contributed by atoms with E-state index in [2.05, 4.69) is 0 Å². The smallest absolute Gasteiger partial charge is 0.312 e. The van der Waals surface area contributed by atoms with Crippen LogP contribution in [0.2, 0.25) is 0 Å². The number of epoxide rings is 1. The van der Waals surface area contributed by atoms with Gasteiger partial charge in [0.05, 0.1) is 24.7 Å². The molecule has 3 fully saturated rings. The molecule has 188 valence electrons. The molecule has 0 unspecified atom stereocenters. The van der Waals surface area contributed by atoms with E-state index in [4.69, 9.17) is 18.9 Å². The second kappa shape index (κ2) is 8.44. The van der Waals surface area contributed by atoms with E-state index in [0.717, 1.165) is 0 Å². The summed E-state index contributed by atoms with van der Waals surface area (Å²) in [4.78, 5) is 36.8. The number of rotatable bonds is 3. The molecular weight excluding hydrogens is 448 g/mol. The Labute approximate surface area is 197 Å². The van der Waals surface area contributed by atoms with Crippen LogP contribution in [0.5, 0.6) is 0 Å². The Morgan fingerprint density at radius 1 is 1.18 bits per heavy atom. The zero-order valence-corrected chi connectivity index (χ0v) is 19.8. The van der Waals surface area contributed by atoms with Crippen molar-refractivity contribution < 1.29 is 48.7 Å². The zero-order chi connectivity index (χ0) is 25.2. The summed E-state index contributed by atoms with van der Waals surface area (Å²) in [6.45, 7) is 7.06. The van der Waals surface area contributed by atoms with Crippen molar-refractivity contribution in [2.45, 2.75) is 76.8 Å². The number of aliphatic hydroxyl groups is 3. The van der Waals surface area contributed by atoms with E-state index in [1.54, 1.807) is 13.8 Å². The summed E-state index contributed by atoms with van der Waals surface area (Å²) in [5.74, 6) is -4.35. The Morgan fingerprint density at radius 2 is 1.82 bits per heavy atom. The first-order chi connectivity index (χ1) is 15.9. The summed E-state index contributed by atoms with van der Waals surface area (Å²) in [5.41, 5.74) is -2.83. The fourth-order valence-corrected chi connectivity index (χ4v) is 6.21. The quantitative estimate of drug-likeness (QED) is 0.287. The van der Waals surface area contributed by atoms with Crippen LogP contribution in [-0.4, -0.2) is 82.1 Å². The number of hydrogen-bond donors (Lipinski definition) is 3. The predicted octanol–water partition coefficient (Wildman–Crippen LogP) is 0.0314. The largest absolute Gasteiger partial charge is 0.459 e. The van der Waals surface area contributed by atoms with Crippen LogP contribution in [0.1, 0.15) is 34.6 Å². The molecule has 0 aromatic carbocycles. The van der Waals surface area contributed by atoms with E-state index in [1.807, 2.05) is 0 Å². The molecule has 3 N–H and O–H groups in total. The van der Waals surface area contributed by atoms with Crippen LogP contribution < -0.4 is 0 Å². The van der Waals surface area contributed by atoms with E-state index < -0.39 is 89.9 Å². The first kappa shape index (κ1) is 24.8. The van der Waals surface area contributed by atoms with E-state index in [0.29, 0.717) is 5.57 Å². The van der Waals surface area contributed by atoms with Gasteiger partial charge in [-0.25, -0.2) is 0 Å². The molecule has 2 aliphatic carbocycles. The highest BCUT2D eigenvalue weighted by Gasteiger charge is 2.74. The summed E-state index contributed by atoms with van der Waals surface area (Å²) < 4.78 is 22.7. The summed E-state index contributed by atoms with van der Waals surface area (Å²) >= 11 is 0. The molecule has 0 spiro atoms. The molecular formula is C24H32O10. The lowest BCUT2D eigenvalue weighted by Gasteiger charge is -2.53. The zero-order valence-electron chi connectivity index (χ0n) is 19.8. The number of carbonyl (C=O) groups is 3. The van der Waals surface area contributed by atoms with Gasteiger partial charge in [0, 0.05) is 31.1 Å². The van der Waals surface area contributed by atoms with Gasteiger partial charge in [-0.1, -0.05) is 26.0 Å². The molecule has 11 atom stereocenters. The van der Waals surface area contributed by atoms with E-state index in [1.165, 1.54) is 39.0 Å². The van der Waals surface area contributed by atoms with Crippen LogP contribution in [0, 0.1) is 23.2 Å². The molecule has 0 amide bonds. The molecule has 10 nitrogen and oxygen atoms in total. The fraction of sp³-hybridized carbons (Fsp3) is 0.708. The van der Waals surface area contributed by atoms with E-state index in [-0.39, 0.29) is 0 Å². The van der Waals surface area contributed by atoms with Crippen molar-refractivity contribution in [3.63, 3.8) is 0 Å². The Bertz CT molecular complexity index is 942. The maximum Gasteiger partial charge on any atom is 0.312 e. The number of aliphatic hydroxyl groups excluding tert-OH is 2. The Hall–Kier alpha value is -2.27. The number of fused-ring (bicyclic) bond motifs is 4. The number of ether oxygens (including phenoxy) is 4. The van der Waals surface area contributed by atoms with Gasteiger partial charge in [-0.2, -0.15) is 0 Å². The summed E-state index contributed by atoms with van der Waals surface area (Å²) in [7, 11) is 0. The van der Waals surface area contributed by atoms with Gasteiger partial charge < -0.3 is 34.3 Å². The second-order valence-corrected chi connectivity index (χ2v) is 10.0. The van der Waals surface area contributed by atoms with Crippen molar-refractivity contribution in [3.05, 3.63) is 23.8 Å². The summed E-state index contributed by atoms with van der Waals surface area (Å²) in [5, 5.41) is 33.3. The van der Waals surface area contributed by atoms with E-state index >= 15 is 0 Å². The van der Waals surface area contributed by atoms with Crippen LogP contribution in [0.4, 0.5) is 0 Å². The fourth-order valence-electron chi connectivity index (χ4n) is 6.21. The average Bonchev–Trinajstić information content (AvgIpc) is 3.53. The maximum absolute atomic E-state index is 12.7. The monoisotopic (exact) mass is 480 g/mol. The van der Waals surface area contributed by atoms with E-state index in [9.17, 15) is 29.7 Å². The molecule has 0 aromatic heterocycles. The highest BCUT2D eigenvalue weighted by atomic mass is 16.6. The van der Waals surface area contributed by atoms with Crippen molar-refractivity contribution >= 4 is 17.9 Å². The second-order valence-electron chi connectivity index (χ2n) is 10.0. The lowest BCUT2D eigenvalue weighted by Crippen LogP contribution is -2.66. The summed E-state index contributed by atoms with van der Waals surface area (Å²) in [6.07, 6.45) is -1.07. The van der Waals surface area contributed by atoms with Crippen LogP contribution in [0.3, 0.4) is 0 Å². The standard InChI is InChI=1S/C24H32O10/c1-10-17-20(32-13(4)27)24(30)11(2)22(29)33-16(24)8-14(9-25)6-7-15(28)23(17,5)21-19(34-21)18(10)31-12(3)26/h6-8,10-11,15-21,25,28,30H,9H2,1-5H3/b7-6-,14-8+/t10-,11-,15+,16+,17-,18-,19+,20-,21+,23-,24+/m0/s1. The number of carbonyl (C=O) groups excluding carboxylic acids is 3. The first-order valence-electron chi connectivity index (χ1n) is 11.5. The van der Waals surface area contributed by atoms with Crippen LogP contribution in [0.25, 0.3) is 0 Å². The normalized spacial score (nSPS) is 49.8. The third-order valence-electron chi connectivity index (χ3n) is 8.07. The van der Waals surface area contributed by atoms with Gasteiger partial charge in [-0.05, 0) is 18.6 Å². The molecule has 0 bridgehead atoms. The Balaban J connectivity index is 1.95. The van der Waals surface area contributed by atoms with Crippen molar-refractivity contribution in [1.82, 2.24) is 0 Å². The molecule has 1 saturated carbocycles. The molecule has 2 saturated heterocycles. The van der Waals surface area contributed by atoms with Gasteiger partial charge in [-0.3, -0.25) is 14.4 Å². The summed E-state index contributed by atoms with van der Waals surface area (Å²) in [6, 6.07) is 0. The van der Waals surface area contributed by atoms with Crippen LogP contribution in [-0.2, 0) is 33.3 Å². The van der Waals surface area contributed by atoms with Gasteiger partial charge >= 0.3 is 17.9 Å². The van der Waals surface area contributed by atoms with Crippen molar-refractivity contribution in [2.24, 2.45) is 23.2 Å². The molecule has 0 radical (unpaired) electrons. The van der Waals surface area contributed by atoms with Gasteiger partial charge in [0.2, 0.25) is 0 Å². The maximum atomic E-state index is 12.7. The third-order valence-corrected chi connectivity index (χ3v) is 8.07. The molecule has 10 heteroatoms. The molecule has 0 aromatic rings. The molecule has 4 aliphatic rings. The van der Waals surface area contributed by atoms with Crippen molar-refractivity contribution in [3.8, 4) is 0 Å². The third kappa shape index (κ3) is 3.59. The lowest BCUT2D eigenvalue weighted by molar-refractivity contribution is -0.216. The predicted molar refractivity (Wildman–Crippen MR) is 115 cm³/mol. The Kier molecular flexibility index (Phi) is 6.17. The van der Waals surface area contributed by atoms with Crippen LogP contribution in [0.15, 0.2) is 23.8 Å². The topological polar surface area (TPSA) is 152 Å².